The maximum atomic E-state index is 11.6. The zero-order valence-corrected chi connectivity index (χ0v) is 10.3. The van der Waals surface area contributed by atoms with Crippen LogP contribution in [-0.2, 0) is 22.7 Å². The van der Waals surface area contributed by atoms with Crippen LogP contribution in [0.3, 0.4) is 0 Å². The standard InChI is InChI=1S/C10H17N5O3/c1-6(2)9(10(17)18)12-8(16)5-15-4-7(3-11)13-14-15/h4,6,9H,3,5,11H2,1-2H3,(H,12,16)(H,17,18)/t9-/m1/s1. The van der Waals surface area contributed by atoms with E-state index in [9.17, 15) is 9.59 Å². The smallest absolute Gasteiger partial charge is 0.326 e. The van der Waals surface area contributed by atoms with Crippen LogP contribution >= 0.6 is 0 Å². The van der Waals surface area contributed by atoms with Crippen LogP contribution < -0.4 is 11.1 Å². The second-order valence-electron chi connectivity index (χ2n) is 4.24. The van der Waals surface area contributed by atoms with E-state index in [0.29, 0.717) is 5.69 Å². The molecular formula is C10H17N5O3. The fraction of sp³-hybridized carbons (Fsp3) is 0.600. The third-order valence-electron chi connectivity index (χ3n) is 2.35. The summed E-state index contributed by atoms with van der Waals surface area (Å²) in [5, 5.41) is 18.8. The molecule has 0 aromatic carbocycles. The molecule has 4 N–H and O–H groups in total. The number of carbonyl (C=O) groups excluding carboxylic acids is 1. The molecule has 1 aromatic rings. The lowest BCUT2D eigenvalue weighted by molar-refractivity contribution is -0.143. The van der Waals surface area contributed by atoms with Crippen LogP contribution in [0.1, 0.15) is 19.5 Å². The van der Waals surface area contributed by atoms with Gasteiger partial charge in [0.1, 0.15) is 12.6 Å². The predicted octanol–water partition coefficient (Wildman–Crippen LogP) is -1.04. The van der Waals surface area contributed by atoms with Gasteiger partial charge in [-0.1, -0.05) is 19.1 Å². The SMILES string of the molecule is CC(C)[C@@H](NC(=O)Cn1cc(CN)nn1)C(=O)O. The molecule has 0 saturated heterocycles. The molecule has 1 aromatic heterocycles. The van der Waals surface area contributed by atoms with Gasteiger partial charge in [-0.3, -0.25) is 4.79 Å². The van der Waals surface area contributed by atoms with Crippen molar-refractivity contribution < 1.29 is 14.7 Å². The maximum absolute atomic E-state index is 11.6. The first kappa shape index (κ1) is 14.1. The van der Waals surface area contributed by atoms with Crippen molar-refractivity contribution in [2.45, 2.75) is 33.0 Å². The molecule has 1 rings (SSSR count). The van der Waals surface area contributed by atoms with Gasteiger partial charge in [-0.05, 0) is 5.92 Å². The van der Waals surface area contributed by atoms with Crippen molar-refractivity contribution in [2.75, 3.05) is 0 Å². The van der Waals surface area contributed by atoms with Crippen LogP contribution in [0.2, 0.25) is 0 Å². The van der Waals surface area contributed by atoms with E-state index in [0.717, 1.165) is 0 Å². The first-order chi connectivity index (χ1) is 8.43. The fourth-order valence-corrected chi connectivity index (χ4v) is 1.39. The number of carboxylic acid groups (broad SMARTS) is 1. The molecule has 0 saturated carbocycles. The summed E-state index contributed by atoms with van der Waals surface area (Å²) in [6.45, 7) is 3.61. The minimum absolute atomic E-state index is 0.0799. The van der Waals surface area contributed by atoms with Crippen LogP contribution in [0.5, 0.6) is 0 Å². The van der Waals surface area contributed by atoms with Gasteiger partial charge in [-0.15, -0.1) is 5.10 Å². The van der Waals surface area contributed by atoms with Gasteiger partial charge in [0.05, 0.1) is 11.9 Å². The summed E-state index contributed by atoms with van der Waals surface area (Å²) < 4.78 is 1.32. The summed E-state index contributed by atoms with van der Waals surface area (Å²) in [5.74, 6) is -1.68. The van der Waals surface area contributed by atoms with Crippen molar-refractivity contribution in [3.8, 4) is 0 Å². The molecule has 0 fully saturated rings. The van der Waals surface area contributed by atoms with Crippen molar-refractivity contribution in [1.82, 2.24) is 20.3 Å². The first-order valence-electron chi connectivity index (χ1n) is 5.55. The van der Waals surface area contributed by atoms with Crippen molar-refractivity contribution in [3.63, 3.8) is 0 Å². The molecule has 0 aliphatic rings. The van der Waals surface area contributed by atoms with Gasteiger partial charge in [-0.2, -0.15) is 0 Å². The maximum Gasteiger partial charge on any atom is 0.326 e. The van der Waals surface area contributed by atoms with Crippen LogP contribution in [-0.4, -0.2) is 38.0 Å². The molecule has 18 heavy (non-hydrogen) atoms. The Morgan fingerprint density at radius 3 is 2.67 bits per heavy atom. The van der Waals surface area contributed by atoms with Crippen LogP contribution in [0.25, 0.3) is 0 Å². The second-order valence-corrected chi connectivity index (χ2v) is 4.24. The number of aliphatic carboxylic acids is 1. The monoisotopic (exact) mass is 255 g/mol. The first-order valence-corrected chi connectivity index (χ1v) is 5.55. The Hall–Kier alpha value is -1.96. The van der Waals surface area contributed by atoms with E-state index < -0.39 is 17.9 Å². The number of amides is 1. The van der Waals surface area contributed by atoms with Gasteiger partial charge in [-0.25, -0.2) is 9.48 Å². The molecule has 0 spiro atoms. The molecule has 8 nitrogen and oxygen atoms in total. The van der Waals surface area contributed by atoms with E-state index in [-0.39, 0.29) is 19.0 Å². The third-order valence-corrected chi connectivity index (χ3v) is 2.35. The Kier molecular flexibility index (Phi) is 4.78. The normalized spacial score (nSPS) is 12.4. The predicted molar refractivity (Wildman–Crippen MR) is 62.3 cm³/mol. The van der Waals surface area contributed by atoms with Gasteiger partial charge in [0.2, 0.25) is 5.91 Å². The minimum atomic E-state index is -1.06. The van der Waals surface area contributed by atoms with Crippen LogP contribution in [0.15, 0.2) is 6.20 Å². The van der Waals surface area contributed by atoms with Crippen molar-refractivity contribution in [2.24, 2.45) is 11.7 Å². The highest BCUT2D eigenvalue weighted by atomic mass is 16.4. The number of aromatic nitrogens is 3. The molecule has 1 atom stereocenters. The lowest BCUT2D eigenvalue weighted by Gasteiger charge is -2.17. The van der Waals surface area contributed by atoms with Crippen molar-refractivity contribution >= 4 is 11.9 Å². The molecular weight excluding hydrogens is 238 g/mol. The molecule has 1 amide bonds. The average molecular weight is 255 g/mol. The topological polar surface area (TPSA) is 123 Å². The van der Waals surface area contributed by atoms with E-state index in [1.807, 2.05) is 0 Å². The largest absolute Gasteiger partial charge is 0.480 e. The number of nitrogens with zero attached hydrogens (tertiary/aromatic N) is 3. The highest BCUT2D eigenvalue weighted by Gasteiger charge is 2.23. The summed E-state index contributed by atoms with van der Waals surface area (Å²) in [6, 6.07) is -0.907. The van der Waals surface area contributed by atoms with Gasteiger partial charge in [0.25, 0.3) is 0 Å². The summed E-state index contributed by atoms with van der Waals surface area (Å²) >= 11 is 0. The quantitative estimate of drug-likeness (QED) is 0.596. The molecule has 0 radical (unpaired) electrons. The molecule has 100 valence electrons. The van der Waals surface area contributed by atoms with Gasteiger partial charge < -0.3 is 16.2 Å². The van der Waals surface area contributed by atoms with E-state index >= 15 is 0 Å². The fourth-order valence-electron chi connectivity index (χ4n) is 1.39. The lowest BCUT2D eigenvalue weighted by Crippen LogP contribution is -2.45. The van der Waals surface area contributed by atoms with Gasteiger partial charge in [0.15, 0.2) is 0 Å². The zero-order valence-electron chi connectivity index (χ0n) is 10.3. The molecule has 1 heterocycles. The molecule has 0 bridgehead atoms. The number of rotatable bonds is 6. The highest BCUT2D eigenvalue weighted by Crippen LogP contribution is 2.01. The molecule has 8 heteroatoms. The van der Waals surface area contributed by atoms with Gasteiger partial charge >= 0.3 is 5.97 Å². The second kappa shape index (κ2) is 6.10. The molecule has 0 aliphatic heterocycles. The Balaban J connectivity index is 2.57. The number of nitrogens with one attached hydrogen (secondary N) is 1. The Morgan fingerprint density at radius 1 is 1.56 bits per heavy atom. The van der Waals surface area contributed by atoms with Crippen LogP contribution in [0.4, 0.5) is 0 Å². The Labute approximate surface area is 104 Å². The number of hydrogen-bond acceptors (Lipinski definition) is 5. The Morgan fingerprint density at radius 2 is 2.22 bits per heavy atom. The number of carboxylic acids is 1. The highest BCUT2D eigenvalue weighted by molar-refractivity contribution is 5.83. The summed E-state index contributed by atoms with van der Waals surface area (Å²) in [6.07, 6.45) is 1.55. The zero-order chi connectivity index (χ0) is 13.7. The average Bonchev–Trinajstić information content (AvgIpc) is 2.72. The summed E-state index contributed by atoms with van der Waals surface area (Å²) in [7, 11) is 0. The Bertz CT molecular complexity index is 429. The number of carbonyl (C=O) groups is 2. The van der Waals surface area contributed by atoms with E-state index in [1.54, 1.807) is 20.0 Å². The molecule has 0 unspecified atom stereocenters. The van der Waals surface area contributed by atoms with E-state index in [1.165, 1.54) is 4.68 Å². The third kappa shape index (κ3) is 3.81. The van der Waals surface area contributed by atoms with E-state index in [2.05, 4.69) is 15.6 Å². The van der Waals surface area contributed by atoms with Crippen molar-refractivity contribution in [3.05, 3.63) is 11.9 Å². The van der Waals surface area contributed by atoms with Crippen molar-refractivity contribution in [1.29, 1.82) is 0 Å². The van der Waals surface area contributed by atoms with E-state index in [4.69, 9.17) is 10.8 Å². The lowest BCUT2D eigenvalue weighted by atomic mass is 10.1. The van der Waals surface area contributed by atoms with Crippen LogP contribution in [0, 0.1) is 5.92 Å². The number of hydrogen-bond donors (Lipinski definition) is 3. The summed E-state index contributed by atoms with van der Waals surface area (Å²) in [5.41, 5.74) is 5.93. The van der Waals surface area contributed by atoms with Gasteiger partial charge in [0, 0.05) is 6.54 Å². The molecule has 0 aliphatic carbocycles. The number of nitrogens with two attached hydrogens (primary N) is 1. The minimum Gasteiger partial charge on any atom is -0.480 e. The summed E-state index contributed by atoms with van der Waals surface area (Å²) in [4.78, 5) is 22.5.